The Morgan fingerprint density at radius 3 is 2.00 bits per heavy atom. The summed E-state index contributed by atoms with van der Waals surface area (Å²) in [7, 11) is 0. The summed E-state index contributed by atoms with van der Waals surface area (Å²) in [5, 5.41) is 11.2. The molecule has 3 rings (SSSR count). The lowest BCUT2D eigenvalue weighted by Gasteiger charge is -2.27. The molecule has 2 heterocycles. The molecule has 1 aromatic carbocycles. The van der Waals surface area contributed by atoms with Crippen LogP contribution in [0, 0.1) is 17.0 Å². The van der Waals surface area contributed by atoms with Crippen molar-refractivity contribution in [2.24, 2.45) is 0 Å². The van der Waals surface area contributed by atoms with Crippen LogP contribution in [0.25, 0.3) is 0 Å². The van der Waals surface area contributed by atoms with Crippen molar-refractivity contribution in [2.75, 3.05) is 13.2 Å². The second-order valence-electron chi connectivity index (χ2n) is 6.17. The summed E-state index contributed by atoms with van der Waals surface area (Å²) in [6, 6.07) is 3.07. The molecular formula is C17H23NO6. The van der Waals surface area contributed by atoms with E-state index in [4.69, 9.17) is 18.9 Å². The summed E-state index contributed by atoms with van der Waals surface area (Å²) in [4.78, 5) is 10.8. The lowest BCUT2D eigenvalue weighted by atomic mass is 10.1. The van der Waals surface area contributed by atoms with E-state index in [2.05, 4.69) is 0 Å². The molecule has 2 fully saturated rings. The first-order chi connectivity index (χ1) is 11.6. The van der Waals surface area contributed by atoms with Gasteiger partial charge in [-0.1, -0.05) is 0 Å². The third-order valence-electron chi connectivity index (χ3n) is 4.25. The standard InChI is InChI=1S/C17H23NO6/c1-12-10-14(23-16-6-2-4-8-21-16)15(11-13(12)18(19)20)24-17-7-3-5-9-22-17/h10-11,16-17H,2-9H2,1H3. The number of nitro benzene ring substituents is 1. The molecule has 2 unspecified atom stereocenters. The second-order valence-corrected chi connectivity index (χ2v) is 6.17. The van der Waals surface area contributed by atoms with Crippen LogP contribution >= 0.6 is 0 Å². The molecule has 7 heteroatoms. The minimum Gasteiger partial charge on any atom is -0.461 e. The highest BCUT2D eigenvalue weighted by Crippen LogP contribution is 2.37. The Labute approximate surface area is 141 Å². The van der Waals surface area contributed by atoms with Crippen LogP contribution in [0.3, 0.4) is 0 Å². The Morgan fingerprint density at radius 1 is 1.00 bits per heavy atom. The fourth-order valence-electron chi connectivity index (χ4n) is 2.92. The van der Waals surface area contributed by atoms with Gasteiger partial charge in [0.25, 0.3) is 5.69 Å². The summed E-state index contributed by atoms with van der Waals surface area (Å²) in [5.74, 6) is 0.813. The average Bonchev–Trinajstić information content (AvgIpc) is 2.59. The first-order valence-electron chi connectivity index (χ1n) is 8.49. The molecule has 7 nitrogen and oxygen atoms in total. The smallest absolute Gasteiger partial charge is 0.276 e. The largest absolute Gasteiger partial charge is 0.461 e. The first kappa shape index (κ1) is 17.0. The zero-order valence-corrected chi connectivity index (χ0v) is 13.9. The number of benzene rings is 1. The quantitative estimate of drug-likeness (QED) is 0.602. The topological polar surface area (TPSA) is 80.1 Å². The first-order valence-corrected chi connectivity index (χ1v) is 8.49. The maximum Gasteiger partial charge on any atom is 0.276 e. The van der Waals surface area contributed by atoms with E-state index in [1.54, 1.807) is 13.0 Å². The maximum atomic E-state index is 11.2. The fraction of sp³-hybridized carbons (Fsp3) is 0.647. The summed E-state index contributed by atoms with van der Waals surface area (Å²) in [5.41, 5.74) is 0.542. The highest BCUT2D eigenvalue weighted by molar-refractivity contribution is 5.53. The summed E-state index contributed by atoms with van der Waals surface area (Å²) in [6.45, 7) is 2.99. The van der Waals surface area contributed by atoms with Gasteiger partial charge in [0.05, 0.1) is 24.2 Å². The van der Waals surface area contributed by atoms with E-state index in [0.29, 0.717) is 30.3 Å². The molecule has 2 saturated heterocycles. The Hall–Kier alpha value is -1.86. The summed E-state index contributed by atoms with van der Waals surface area (Å²) >= 11 is 0. The van der Waals surface area contributed by atoms with Gasteiger partial charge >= 0.3 is 0 Å². The fourth-order valence-corrected chi connectivity index (χ4v) is 2.92. The second kappa shape index (κ2) is 7.81. The van der Waals surface area contributed by atoms with E-state index in [0.717, 1.165) is 38.5 Å². The van der Waals surface area contributed by atoms with Gasteiger partial charge in [-0.15, -0.1) is 0 Å². The molecule has 2 aliphatic heterocycles. The van der Waals surface area contributed by atoms with Crippen molar-refractivity contribution in [2.45, 2.75) is 58.0 Å². The number of ether oxygens (including phenoxy) is 4. The van der Waals surface area contributed by atoms with Crippen LogP contribution in [0.2, 0.25) is 0 Å². The van der Waals surface area contributed by atoms with E-state index in [-0.39, 0.29) is 12.0 Å². The van der Waals surface area contributed by atoms with E-state index in [1.165, 1.54) is 6.07 Å². The summed E-state index contributed by atoms with van der Waals surface area (Å²) < 4.78 is 23.0. The number of aryl methyl sites for hydroxylation is 1. The number of nitrogens with zero attached hydrogens (tertiary/aromatic N) is 1. The zero-order chi connectivity index (χ0) is 16.9. The number of nitro groups is 1. The molecule has 0 saturated carbocycles. The van der Waals surface area contributed by atoms with Crippen LogP contribution in [0.4, 0.5) is 5.69 Å². The summed E-state index contributed by atoms with van der Waals surface area (Å²) in [6.07, 6.45) is 4.92. The van der Waals surface area contributed by atoms with E-state index in [9.17, 15) is 10.1 Å². The Kier molecular flexibility index (Phi) is 5.52. The van der Waals surface area contributed by atoms with Gasteiger partial charge in [-0.3, -0.25) is 10.1 Å². The van der Waals surface area contributed by atoms with Crippen molar-refractivity contribution in [3.8, 4) is 11.5 Å². The average molecular weight is 337 g/mol. The number of rotatable bonds is 5. The van der Waals surface area contributed by atoms with Gasteiger partial charge in [0, 0.05) is 18.4 Å². The van der Waals surface area contributed by atoms with Crippen LogP contribution in [-0.2, 0) is 9.47 Å². The van der Waals surface area contributed by atoms with Gasteiger partial charge in [-0.25, -0.2) is 0 Å². The van der Waals surface area contributed by atoms with Gasteiger partial charge in [0.1, 0.15) is 0 Å². The van der Waals surface area contributed by atoms with Gasteiger partial charge in [0.2, 0.25) is 0 Å². The van der Waals surface area contributed by atoms with Gasteiger partial charge in [-0.05, 0) is 38.7 Å². The number of hydrogen-bond acceptors (Lipinski definition) is 6. The van der Waals surface area contributed by atoms with Crippen molar-refractivity contribution in [1.82, 2.24) is 0 Å². The molecule has 2 atom stereocenters. The molecule has 24 heavy (non-hydrogen) atoms. The Bertz CT molecular complexity index is 579. The molecule has 2 aliphatic rings. The minimum absolute atomic E-state index is 0.0118. The molecule has 0 aromatic heterocycles. The highest BCUT2D eigenvalue weighted by Gasteiger charge is 2.24. The lowest BCUT2D eigenvalue weighted by molar-refractivity contribution is -0.385. The van der Waals surface area contributed by atoms with Crippen LogP contribution < -0.4 is 9.47 Å². The van der Waals surface area contributed by atoms with E-state index in [1.807, 2.05) is 0 Å². The van der Waals surface area contributed by atoms with Crippen LogP contribution in [0.15, 0.2) is 12.1 Å². The van der Waals surface area contributed by atoms with Crippen molar-refractivity contribution < 1.29 is 23.9 Å². The molecule has 0 N–H and O–H groups in total. The Morgan fingerprint density at radius 2 is 1.54 bits per heavy atom. The van der Waals surface area contributed by atoms with Gasteiger partial charge in [-0.2, -0.15) is 0 Å². The molecule has 1 aromatic rings. The molecule has 132 valence electrons. The molecule has 0 bridgehead atoms. The maximum absolute atomic E-state index is 11.2. The van der Waals surface area contributed by atoms with Gasteiger partial charge < -0.3 is 18.9 Å². The van der Waals surface area contributed by atoms with Crippen molar-refractivity contribution in [3.63, 3.8) is 0 Å². The molecular weight excluding hydrogens is 314 g/mol. The number of hydrogen-bond donors (Lipinski definition) is 0. The van der Waals surface area contributed by atoms with Crippen LogP contribution in [0.5, 0.6) is 11.5 Å². The Balaban J connectivity index is 1.83. The van der Waals surface area contributed by atoms with E-state index >= 15 is 0 Å². The zero-order valence-electron chi connectivity index (χ0n) is 13.9. The van der Waals surface area contributed by atoms with E-state index < -0.39 is 11.2 Å². The van der Waals surface area contributed by atoms with Crippen LogP contribution in [-0.4, -0.2) is 30.7 Å². The van der Waals surface area contributed by atoms with Crippen LogP contribution in [0.1, 0.15) is 44.1 Å². The molecule has 0 spiro atoms. The molecule has 0 amide bonds. The highest BCUT2D eigenvalue weighted by atomic mass is 16.7. The lowest BCUT2D eigenvalue weighted by Crippen LogP contribution is -2.27. The normalized spacial score (nSPS) is 24.4. The molecule has 0 aliphatic carbocycles. The monoisotopic (exact) mass is 337 g/mol. The van der Waals surface area contributed by atoms with Crippen molar-refractivity contribution >= 4 is 5.69 Å². The van der Waals surface area contributed by atoms with Gasteiger partial charge in [0.15, 0.2) is 24.1 Å². The van der Waals surface area contributed by atoms with Crippen molar-refractivity contribution in [1.29, 1.82) is 0 Å². The minimum atomic E-state index is -0.412. The predicted molar refractivity (Wildman–Crippen MR) is 86.3 cm³/mol. The molecule has 0 radical (unpaired) electrons. The third-order valence-corrected chi connectivity index (χ3v) is 4.25. The van der Waals surface area contributed by atoms with Crippen molar-refractivity contribution in [3.05, 3.63) is 27.8 Å². The predicted octanol–water partition coefficient (Wildman–Crippen LogP) is 3.71. The third kappa shape index (κ3) is 4.15. The SMILES string of the molecule is Cc1cc(OC2CCCCO2)c(OC2CCCCO2)cc1[N+](=O)[O-].